The number of benzene rings is 4. The summed E-state index contributed by atoms with van der Waals surface area (Å²) in [5, 5.41) is 0. The van der Waals surface area contributed by atoms with E-state index in [9.17, 15) is 19.2 Å². The summed E-state index contributed by atoms with van der Waals surface area (Å²) >= 11 is 1.33. The Labute approximate surface area is 270 Å². The van der Waals surface area contributed by atoms with E-state index in [0.29, 0.717) is 16.9 Å². The summed E-state index contributed by atoms with van der Waals surface area (Å²) in [7, 11) is 0. The molecule has 5 rings (SSSR count). The third-order valence-corrected chi connectivity index (χ3v) is 8.11. The monoisotopic (exact) mass is 640 g/mol. The molecule has 46 heavy (non-hydrogen) atoms. The fourth-order valence-corrected chi connectivity index (χ4v) is 5.76. The Morgan fingerprint density at radius 1 is 0.609 bits per heavy atom. The van der Waals surface area contributed by atoms with Gasteiger partial charge in [0.1, 0.15) is 18.1 Å². The van der Waals surface area contributed by atoms with Crippen LogP contribution in [0.2, 0.25) is 0 Å². The molecule has 10 heteroatoms. The van der Waals surface area contributed by atoms with E-state index in [-0.39, 0.29) is 11.1 Å². The maximum absolute atomic E-state index is 13.4. The molecule has 0 spiro atoms. The molecule has 0 saturated carbocycles. The highest BCUT2D eigenvalue weighted by Crippen LogP contribution is 2.37. The molecule has 1 unspecified atom stereocenters. The van der Waals surface area contributed by atoms with E-state index in [1.54, 1.807) is 121 Å². The van der Waals surface area contributed by atoms with Crippen LogP contribution >= 0.6 is 11.8 Å². The van der Waals surface area contributed by atoms with Crippen molar-refractivity contribution < 1.29 is 42.9 Å². The SMILES string of the molecule is CCS[C@@H]1O[C@H](C(COC(=O)c2ccccc2)OC(=O)c2ccccc2)[C@H](OC(=O)c2ccccc2)[C@H]1OC(=O)c1ccccc1. The summed E-state index contributed by atoms with van der Waals surface area (Å²) < 4.78 is 29.9. The quantitative estimate of drug-likeness (QED) is 0.135. The van der Waals surface area contributed by atoms with Crippen LogP contribution in [0.3, 0.4) is 0 Å². The largest absolute Gasteiger partial charge is 0.458 e. The first-order valence-electron chi connectivity index (χ1n) is 14.7. The maximum Gasteiger partial charge on any atom is 0.338 e. The van der Waals surface area contributed by atoms with Crippen LogP contribution < -0.4 is 0 Å². The van der Waals surface area contributed by atoms with Gasteiger partial charge in [-0.25, -0.2) is 19.2 Å². The van der Waals surface area contributed by atoms with Crippen molar-refractivity contribution in [3.63, 3.8) is 0 Å². The first-order chi connectivity index (χ1) is 22.4. The summed E-state index contributed by atoms with van der Waals surface area (Å²) in [5.74, 6) is -2.14. The summed E-state index contributed by atoms with van der Waals surface area (Å²) in [5.41, 5.74) is 0.296. The average molecular weight is 641 g/mol. The first kappa shape index (κ1) is 32.5. The Morgan fingerprint density at radius 2 is 1.02 bits per heavy atom. The minimum Gasteiger partial charge on any atom is -0.458 e. The zero-order chi connectivity index (χ0) is 32.3. The summed E-state index contributed by atoms with van der Waals surface area (Å²) in [6.07, 6.45) is -4.78. The molecule has 0 bridgehead atoms. The molecule has 5 atom stereocenters. The molecule has 1 aliphatic rings. The average Bonchev–Trinajstić information content (AvgIpc) is 3.43. The number of hydrogen-bond acceptors (Lipinski definition) is 10. The van der Waals surface area contributed by atoms with Gasteiger partial charge in [-0.15, -0.1) is 11.8 Å². The molecule has 9 nitrogen and oxygen atoms in total. The fraction of sp³-hybridized carbons (Fsp3) is 0.222. The number of esters is 4. The van der Waals surface area contributed by atoms with Crippen LogP contribution in [0, 0.1) is 0 Å². The van der Waals surface area contributed by atoms with E-state index in [2.05, 4.69) is 0 Å². The van der Waals surface area contributed by atoms with Gasteiger partial charge in [0.05, 0.1) is 22.3 Å². The fourth-order valence-electron chi connectivity index (χ4n) is 4.83. The van der Waals surface area contributed by atoms with Crippen molar-refractivity contribution in [2.75, 3.05) is 12.4 Å². The van der Waals surface area contributed by atoms with Crippen LogP contribution in [-0.2, 0) is 23.7 Å². The maximum atomic E-state index is 13.4. The summed E-state index contributed by atoms with van der Waals surface area (Å²) in [6.45, 7) is 1.47. The van der Waals surface area contributed by atoms with E-state index in [4.69, 9.17) is 23.7 Å². The van der Waals surface area contributed by atoms with Crippen molar-refractivity contribution in [3.05, 3.63) is 144 Å². The molecule has 1 saturated heterocycles. The zero-order valence-electron chi connectivity index (χ0n) is 24.9. The zero-order valence-corrected chi connectivity index (χ0v) is 25.7. The van der Waals surface area contributed by atoms with Crippen LogP contribution in [0.15, 0.2) is 121 Å². The smallest absolute Gasteiger partial charge is 0.338 e. The van der Waals surface area contributed by atoms with Gasteiger partial charge in [0.25, 0.3) is 0 Å². The van der Waals surface area contributed by atoms with Crippen molar-refractivity contribution in [1.29, 1.82) is 0 Å². The lowest BCUT2D eigenvalue weighted by Crippen LogP contribution is -2.47. The Balaban J connectivity index is 1.49. The number of hydrogen-bond donors (Lipinski definition) is 0. The minimum atomic E-state index is -1.26. The molecule has 0 amide bonds. The lowest BCUT2D eigenvalue weighted by atomic mass is 10.1. The van der Waals surface area contributed by atoms with Gasteiger partial charge in [0, 0.05) is 0 Å². The third kappa shape index (κ3) is 8.21. The van der Waals surface area contributed by atoms with Gasteiger partial charge < -0.3 is 23.7 Å². The predicted molar refractivity (Wildman–Crippen MR) is 170 cm³/mol. The van der Waals surface area contributed by atoms with Crippen LogP contribution in [0.5, 0.6) is 0 Å². The Hall–Kier alpha value is -4.93. The molecule has 1 heterocycles. The molecule has 4 aromatic rings. The number of carbonyl (C=O) groups excluding carboxylic acids is 4. The first-order valence-corrected chi connectivity index (χ1v) is 15.8. The van der Waals surface area contributed by atoms with E-state index >= 15 is 0 Å². The van der Waals surface area contributed by atoms with Gasteiger partial charge in [0.15, 0.2) is 18.3 Å². The molecule has 0 radical (unpaired) electrons. The number of ether oxygens (including phenoxy) is 5. The second kappa shape index (κ2) is 15.9. The molecule has 4 aromatic carbocycles. The van der Waals surface area contributed by atoms with Gasteiger partial charge >= 0.3 is 23.9 Å². The highest BCUT2D eigenvalue weighted by molar-refractivity contribution is 7.99. The molecular formula is C36H32O9S. The third-order valence-electron chi connectivity index (χ3n) is 7.07. The predicted octanol–water partition coefficient (Wildman–Crippen LogP) is 6.00. The second-order valence-corrected chi connectivity index (χ2v) is 11.5. The molecule has 0 aliphatic carbocycles. The van der Waals surface area contributed by atoms with E-state index < -0.39 is 60.3 Å². The van der Waals surface area contributed by atoms with Crippen LogP contribution in [0.4, 0.5) is 0 Å². The van der Waals surface area contributed by atoms with Crippen LogP contribution in [0.25, 0.3) is 0 Å². The molecular weight excluding hydrogens is 608 g/mol. The number of carbonyl (C=O) groups is 4. The van der Waals surface area contributed by atoms with Crippen LogP contribution in [-0.4, -0.2) is 66.1 Å². The van der Waals surface area contributed by atoms with E-state index in [1.165, 1.54) is 11.8 Å². The van der Waals surface area contributed by atoms with Crippen molar-refractivity contribution in [2.45, 2.75) is 36.8 Å². The van der Waals surface area contributed by atoms with Gasteiger partial charge in [0.2, 0.25) is 0 Å². The van der Waals surface area contributed by atoms with Gasteiger partial charge in [-0.2, -0.15) is 0 Å². The molecule has 236 valence electrons. The number of thioether (sulfide) groups is 1. The molecule has 1 fully saturated rings. The van der Waals surface area contributed by atoms with Gasteiger partial charge in [-0.3, -0.25) is 0 Å². The van der Waals surface area contributed by atoms with Crippen molar-refractivity contribution in [3.8, 4) is 0 Å². The second-order valence-electron chi connectivity index (χ2n) is 10.2. The highest BCUT2D eigenvalue weighted by atomic mass is 32.2. The standard InChI is InChI=1S/C36H32O9S/c1-2-46-36-31(44-35(40)27-21-13-6-14-22-27)30(43-34(39)26-19-11-5-12-20-26)29(45-36)28(42-33(38)25-17-9-4-10-18-25)23-41-32(37)24-15-7-3-8-16-24/h3-22,28-31,36H,2,23H2,1H3/t28?,29-,30+,31-,36+/m1/s1. The Kier molecular flexibility index (Phi) is 11.2. The molecule has 0 N–H and O–H groups in total. The van der Waals surface area contributed by atoms with Crippen LogP contribution in [0.1, 0.15) is 48.4 Å². The lowest BCUT2D eigenvalue weighted by Gasteiger charge is -2.28. The topological polar surface area (TPSA) is 114 Å². The lowest BCUT2D eigenvalue weighted by molar-refractivity contribution is -0.0899. The molecule has 0 aromatic heterocycles. The number of rotatable bonds is 12. The van der Waals surface area contributed by atoms with E-state index in [0.717, 1.165) is 0 Å². The van der Waals surface area contributed by atoms with Gasteiger partial charge in [-0.1, -0.05) is 79.7 Å². The molecule has 1 aliphatic heterocycles. The summed E-state index contributed by atoms with van der Waals surface area (Å²) in [6, 6.07) is 33.3. The van der Waals surface area contributed by atoms with E-state index in [1.807, 2.05) is 6.92 Å². The van der Waals surface area contributed by atoms with Gasteiger partial charge in [-0.05, 0) is 54.3 Å². The Morgan fingerprint density at radius 3 is 1.48 bits per heavy atom. The summed E-state index contributed by atoms with van der Waals surface area (Å²) in [4.78, 5) is 52.9. The Bertz CT molecular complexity index is 1600. The van der Waals surface area contributed by atoms with Crippen molar-refractivity contribution in [1.82, 2.24) is 0 Å². The van der Waals surface area contributed by atoms with Crippen molar-refractivity contribution in [2.24, 2.45) is 0 Å². The normalized spacial score (nSPS) is 19.4. The highest BCUT2D eigenvalue weighted by Gasteiger charge is 2.54. The van der Waals surface area contributed by atoms with Crippen molar-refractivity contribution >= 4 is 35.6 Å². The minimum absolute atomic E-state index is 0.254.